The van der Waals surface area contributed by atoms with Gasteiger partial charge in [0.05, 0.1) is 12.3 Å². The zero-order chi connectivity index (χ0) is 8.55. The van der Waals surface area contributed by atoms with Crippen molar-refractivity contribution in [2.75, 3.05) is 0 Å². The van der Waals surface area contributed by atoms with Gasteiger partial charge in [-0.3, -0.25) is 4.79 Å². The molecule has 0 radical (unpaired) electrons. The summed E-state index contributed by atoms with van der Waals surface area (Å²) in [5, 5.41) is 9.30. The van der Waals surface area contributed by atoms with E-state index in [1.54, 1.807) is 24.5 Å². The first-order chi connectivity index (χ1) is 5.79. The van der Waals surface area contributed by atoms with Gasteiger partial charge in [0, 0.05) is 12.1 Å². The van der Waals surface area contributed by atoms with Crippen LogP contribution in [0.5, 0.6) is 5.88 Å². The molecule has 0 aliphatic heterocycles. The molecule has 0 fully saturated rings. The lowest BCUT2D eigenvalue weighted by Gasteiger charge is -1.91. The third-order valence-corrected chi connectivity index (χ3v) is 1.63. The average Bonchev–Trinajstić information content (AvgIpc) is 2.07. The van der Waals surface area contributed by atoms with E-state index in [0.717, 1.165) is 0 Å². The van der Waals surface area contributed by atoms with Crippen molar-refractivity contribution in [3.05, 3.63) is 47.0 Å². The third-order valence-electron chi connectivity index (χ3n) is 1.63. The molecule has 0 aliphatic carbocycles. The zero-order valence-corrected chi connectivity index (χ0v) is 6.21. The molecule has 12 heavy (non-hydrogen) atoms. The highest BCUT2D eigenvalue weighted by Crippen LogP contribution is 1.94. The molecular weight excluding hydrogens is 156 g/mol. The van der Waals surface area contributed by atoms with Crippen LogP contribution in [0.2, 0.25) is 0 Å². The van der Waals surface area contributed by atoms with E-state index in [1.807, 2.05) is 0 Å². The minimum atomic E-state index is -0.173. The number of rotatable bonds is 0. The van der Waals surface area contributed by atoms with Crippen molar-refractivity contribution in [2.24, 2.45) is 0 Å². The SMILES string of the molecule is O=c1ccc[n+]2c(O)cccn12. The molecule has 0 atom stereocenters. The highest BCUT2D eigenvalue weighted by Gasteiger charge is 2.06. The molecule has 0 aliphatic rings. The molecule has 0 aromatic carbocycles. The quantitative estimate of drug-likeness (QED) is 0.537. The highest BCUT2D eigenvalue weighted by atomic mass is 16.3. The molecule has 0 amide bonds. The summed E-state index contributed by atoms with van der Waals surface area (Å²) in [5.74, 6) is 0.0372. The molecule has 2 heterocycles. The van der Waals surface area contributed by atoms with E-state index in [4.69, 9.17) is 0 Å². The van der Waals surface area contributed by atoms with Gasteiger partial charge in [0.2, 0.25) is 6.20 Å². The van der Waals surface area contributed by atoms with Gasteiger partial charge >= 0.3 is 11.4 Å². The summed E-state index contributed by atoms with van der Waals surface area (Å²) in [7, 11) is 0. The Morgan fingerprint density at radius 3 is 2.92 bits per heavy atom. The summed E-state index contributed by atoms with van der Waals surface area (Å²) >= 11 is 0. The van der Waals surface area contributed by atoms with E-state index >= 15 is 0 Å². The van der Waals surface area contributed by atoms with Crippen LogP contribution in [0.3, 0.4) is 0 Å². The Hall–Kier alpha value is -1.84. The van der Waals surface area contributed by atoms with Crippen LogP contribution in [0.25, 0.3) is 0 Å². The molecule has 0 spiro atoms. The molecule has 1 N–H and O–H groups in total. The maximum atomic E-state index is 11.2. The van der Waals surface area contributed by atoms with Crippen LogP contribution in [0, 0.1) is 0 Å². The first-order valence-electron chi connectivity index (χ1n) is 3.50. The predicted molar refractivity (Wildman–Crippen MR) is 41.0 cm³/mol. The number of aromatic nitrogens is 2. The molecule has 2 aromatic rings. The zero-order valence-electron chi connectivity index (χ0n) is 6.21. The molecule has 0 bridgehead atoms. The van der Waals surface area contributed by atoms with Crippen molar-refractivity contribution >= 4 is 0 Å². The van der Waals surface area contributed by atoms with Crippen molar-refractivity contribution in [3.63, 3.8) is 0 Å². The Morgan fingerprint density at radius 1 is 1.33 bits per heavy atom. The van der Waals surface area contributed by atoms with Crippen LogP contribution in [0.1, 0.15) is 0 Å². The second-order valence-electron chi connectivity index (χ2n) is 2.40. The normalized spacial score (nSPS) is 10.3. The number of aromatic hydroxyl groups is 1. The van der Waals surface area contributed by atoms with Crippen molar-refractivity contribution in [1.29, 1.82) is 0 Å². The second kappa shape index (κ2) is 2.34. The van der Waals surface area contributed by atoms with Gasteiger partial charge in [0.25, 0.3) is 0 Å². The first kappa shape index (κ1) is 6.84. The summed E-state index contributed by atoms with van der Waals surface area (Å²) in [5.41, 5.74) is -0.173. The van der Waals surface area contributed by atoms with Crippen LogP contribution < -0.4 is 10.1 Å². The van der Waals surface area contributed by atoms with Crippen LogP contribution in [-0.2, 0) is 0 Å². The number of fused-ring (bicyclic) bond motifs is 1. The molecule has 60 valence electrons. The molecular formula is C8H7N2O2+. The van der Waals surface area contributed by atoms with Gasteiger partial charge in [-0.25, -0.2) is 0 Å². The van der Waals surface area contributed by atoms with Crippen LogP contribution in [0.4, 0.5) is 0 Å². The fraction of sp³-hybridized carbons (Fsp3) is 0. The van der Waals surface area contributed by atoms with Gasteiger partial charge < -0.3 is 5.11 Å². The van der Waals surface area contributed by atoms with Crippen molar-refractivity contribution in [3.8, 4) is 5.88 Å². The first-order valence-corrected chi connectivity index (χ1v) is 3.50. The lowest BCUT2D eigenvalue weighted by molar-refractivity contribution is -0.631. The van der Waals surface area contributed by atoms with Crippen LogP contribution in [0.15, 0.2) is 41.5 Å². The monoisotopic (exact) mass is 163 g/mol. The number of nitrogens with zero attached hydrogens (tertiary/aromatic N) is 2. The predicted octanol–water partition coefficient (Wildman–Crippen LogP) is -0.409. The maximum absolute atomic E-state index is 11.2. The molecule has 0 saturated carbocycles. The van der Waals surface area contributed by atoms with Gasteiger partial charge in [-0.2, -0.15) is 0 Å². The molecule has 2 aromatic heterocycles. The fourth-order valence-electron chi connectivity index (χ4n) is 1.08. The minimum absolute atomic E-state index is 0.0372. The van der Waals surface area contributed by atoms with Crippen molar-refractivity contribution in [1.82, 2.24) is 4.52 Å². The van der Waals surface area contributed by atoms with E-state index in [0.29, 0.717) is 0 Å². The Morgan fingerprint density at radius 2 is 2.17 bits per heavy atom. The van der Waals surface area contributed by atoms with Gasteiger partial charge in [-0.1, -0.05) is 4.52 Å². The average molecular weight is 163 g/mol. The summed E-state index contributed by atoms with van der Waals surface area (Å²) in [6, 6.07) is 6.14. The molecule has 2 rings (SSSR count). The summed E-state index contributed by atoms with van der Waals surface area (Å²) in [6.07, 6.45) is 3.19. The van der Waals surface area contributed by atoms with E-state index in [-0.39, 0.29) is 11.4 Å². The molecule has 4 heteroatoms. The highest BCUT2D eigenvalue weighted by molar-refractivity contribution is 4.99. The van der Waals surface area contributed by atoms with E-state index in [2.05, 4.69) is 0 Å². The maximum Gasteiger partial charge on any atom is 0.395 e. The lowest BCUT2D eigenvalue weighted by Crippen LogP contribution is -2.38. The third kappa shape index (κ3) is 0.852. The fourth-order valence-corrected chi connectivity index (χ4v) is 1.08. The second-order valence-corrected chi connectivity index (χ2v) is 2.40. The smallest absolute Gasteiger partial charge is 0.395 e. The number of hydrogen-bond acceptors (Lipinski definition) is 2. The van der Waals surface area contributed by atoms with E-state index < -0.39 is 0 Å². The Labute approximate surface area is 67.9 Å². The lowest BCUT2D eigenvalue weighted by atomic mass is 10.5. The molecule has 0 saturated heterocycles. The van der Waals surface area contributed by atoms with Gasteiger partial charge in [0.15, 0.2) is 0 Å². The minimum Gasteiger partial charge on any atom is -0.458 e. The van der Waals surface area contributed by atoms with Crippen molar-refractivity contribution in [2.45, 2.75) is 0 Å². The Bertz CT molecular complexity index is 476. The summed E-state index contributed by atoms with van der Waals surface area (Å²) < 4.78 is 2.68. The summed E-state index contributed by atoms with van der Waals surface area (Å²) in [6.45, 7) is 0. The number of hydrogen-bond donors (Lipinski definition) is 1. The summed E-state index contributed by atoms with van der Waals surface area (Å²) in [4.78, 5) is 11.2. The molecule has 4 nitrogen and oxygen atoms in total. The van der Waals surface area contributed by atoms with Crippen molar-refractivity contribution < 1.29 is 9.62 Å². The van der Waals surface area contributed by atoms with E-state index in [9.17, 15) is 9.90 Å². The standard InChI is InChI=1S/C8H6N2O2/c11-7-3-1-5-9-8(12)4-2-6-10(7)9/h1-6H/p+1. The van der Waals surface area contributed by atoms with Crippen LogP contribution in [-0.4, -0.2) is 9.62 Å². The van der Waals surface area contributed by atoms with Gasteiger partial charge in [-0.05, 0) is 10.6 Å². The van der Waals surface area contributed by atoms with Gasteiger partial charge in [0.1, 0.15) is 0 Å². The Kier molecular flexibility index (Phi) is 1.33. The van der Waals surface area contributed by atoms with E-state index in [1.165, 1.54) is 21.2 Å². The van der Waals surface area contributed by atoms with Crippen LogP contribution >= 0.6 is 0 Å². The largest absolute Gasteiger partial charge is 0.458 e. The Balaban J connectivity index is 3.05. The van der Waals surface area contributed by atoms with Gasteiger partial charge in [-0.15, -0.1) is 0 Å². The topological polar surface area (TPSA) is 45.8 Å². The molecule has 0 unspecified atom stereocenters.